The number of hydrogen-bond acceptors (Lipinski definition) is 2. The van der Waals surface area contributed by atoms with Crippen molar-refractivity contribution in [2.75, 3.05) is 0 Å². The molecule has 0 spiro atoms. The van der Waals surface area contributed by atoms with Crippen LogP contribution in [0.15, 0.2) is 35.2 Å². The molecule has 2 aromatic rings. The standard InChI is InChI=1S/C18H23NO/c1-12(2)13-5-6-14-8-16(9-15(14)7-13)18(3,4)17-10-19-20-11-17/h5-7,10-12,16H,8-9H2,1-4H3. The first-order valence-electron chi connectivity index (χ1n) is 7.50. The van der Waals surface area contributed by atoms with E-state index in [9.17, 15) is 0 Å². The van der Waals surface area contributed by atoms with Gasteiger partial charge in [0.05, 0.1) is 6.20 Å². The summed E-state index contributed by atoms with van der Waals surface area (Å²) in [5.74, 6) is 1.23. The topological polar surface area (TPSA) is 26.0 Å². The molecule has 1 unspecified atom stereocenters. The molecular weight excluding hydrogens is 246 g/mol. The molecule has 1 heterocycles. The van der Waals surface area contributed by atoms with E-state index in [4.69, 9.17) is 4.52 Å². The van der Waals surface area contributed by atoms with Crippen LogP contribution >= 0.6 is 0 Å². The lowest BCUT2D eigenvalue weighted by atomic mass is 9.73. The van der Waals surface area contributed by atoms with Crippen molar-refractivity contribution in [2.24, 2.45) is 5.92 Å². The van der Waals surface area contributed by atoms with Crippen LogP contribution < -0.4 is 0 Å². The Morgan fingerprint density at radius 3 is 2.60 bits per heavy atom. The predicted octanol–water partition coefficient (Wildman–Crippen LogP) is 4.49. The summed E-state index contributed by atoms with van der Waals surface area (Å²) in [4.78, 5) is 0. The number of benzene rings is 1. The van der Waals surface area contributed by atoms with Crippen LogP contribution in [-0.2, 0) is 18.3 Å². The van der Waals surface area contributed by atoms with Crippen LogP contribution in [0.1, 0.15) is 55.9 Å². The summed E-state index contributed by atoms with van der Waals surface area (Å²) in [6.45, 7) is 9.13. The quantitative estimate of drug-likeness (QED) is 0.820. The highest BCUT2D eigenvalue weighted by atomic mass is 16.5. The van der Waals surface area contributed by atoms with E-state index in [1.807, 2.05) is 6.20 Å². The van der Waals surface area contributed by atoms with Crippen molar-refractivity contribution in [1.82, 2.24) is 5.16 Å². The number of hydrogen-bond donors (Lipinski definition) is 0. The Bertz CT molecular complexity index is 596. The number of fused-ring (bicyclic) bond motifs is 1. The summed E-state index contributed by atoms with van der Waals surface area (Å²) in [7, 11) is 0. The molecule has 1 atom stereocenters. The first-order chi connectivity index (χ1) is 9.48. The summed E-state index contributed by atoms with van der Waals surface area (Å²) in [6, 6.07) is 7.02. The maximum absolute atomic E-state index is 5.04. The van der Waals surface area contributed by atoms with Crippen molar-refractivity contribution in [3.63, 3.8) is 0 Å². The molecule has 0 saturated carbocycles. The fraction of sp³-hybridized carbons (Fsp3) is 0.500. The Hall–Kier alpha value is -1.57. The third-order valence-corrected chi connectivity index (χ3v) is 5.03. The van der Waals surface area contributed by atoms with Crippen LogP contribution in [-0.4, -0.2) is 5.16 Å². The van der Waals surface area contributed by atoms with E-state index >= 15 is 0 Å². The molecule has 1 aromatic carbocycles. The summed E-state index contributed by atoms with van der Waals surface area (Å²) in [5.41, 5.74) is 5.82. The van der Waals surface area contributed by atoms with Gasteiger partial charge in [0.15, 0.2) is 0 Å². The van der Waals surface area contributed by atoms with Gasteiger partial charge in [-0.25, -0.2) is 0 Å². The molecule has 1 aliphatic carbocycles. The zero-order chi connectivity index (χ0) is 14.3. The second-order valence-electron chi connectivity index (χ2n) is 6.92. The van der Waals surface area contributed by atoms with Gasteiger partial charge in [0.1, 0.15) is 6.26 Å². The fourth-order valence-electron chi connectivity index (χ4n) is 3.27. The minimum absolute atomic E-state index is 0.108. The Kier molecular flexibility index (Phi) is 3.19. The predicted molar refractivity (Wildman–Crippen MR) is 81.0 cm³/mol. The molecule has 1 aromatic heterocycles. The largest absolute Gasteiger partial charge is 0.364 e. The van der Waals surface area contributed by atoms with Gasteiger partial charge in [0, 0.05) is 5.56 Å². The highest BCUT2D eigenvalue weighted by molar-refractivity contribution is 5.39. The lowest BCUT2D eigenvalue weighted by Gasteiger charge is -2.30. The average Bonchev–Trinajstić information content (AvgIpc) is 3.07. The van der Waals surface area contributed by atoms with Crippen LogP contribution in [0.4, 0.5) is 0 Å². The van der Waals surface area contributed by atoms with Crippen LogP contribution in [0.3, 0.4) is 0 Å². The van der Waals surface area contributed by atoms with Gasteiger partial charge < -0.3 is 4.52 Å². The summed E-state index contributed by atoms with van der Waals surface area (Å²) in [6.07, 6.45) is 5.98. The first-order valence-corrected chi connectivity index (χ1v) is 7.50. The smallest absolute Gasteiger partial charge is 0.127 e. The van der Waals surface area contributed by atoms with Crippen LogP contribution in [0.2, 0.25) is 0 Å². The summed E-state index contributed by atoms with van der Waals surface area (Å²) < 4.78 is 5.04. The van der Waals surface area contributed by atoms with E-state index in [2.05, 4.69) is 51.1 Å². The normalized spacial score (nSPS) is 18.6. The van der Waals surface area contributed by atoms with E-state index in [1.165, 1.54) is 22.3 Å². The van der Waals surface area contributed by atoms with Crippen molar-refractivity contribution in [3.05, 3.63) is 52.9 Å². The zero-order valence-electron chi connectivity index (χ0n) is 12.8. The Labute approximate surface area is 121 Å². The first kappa shape index (κ1) is 13.4. The molecule has 2 heteroatoms. The number of aromatic nitrogens is 1. The van der Waals surface area contributed by atoms with Gasteiger partial charge >= 0.3 is 0 Å². The maximum Gasteiger partial charge on any atom is 0.127 e. The van der Waals surface area contributed by atoms with E-state index in [1.54, 1.807) is 6.26 Å². The molecule has 0 saturated heterocycles. The van der Waals surface area contributed by atoms with Gasteiger partial charge in [0.2, 0.25) is 0 Å². The zero-order valence-corrected chi connectivity index (χ0v) is 12.8. The van der Waals surface area contributed by atoms with Crippen molar-refractivity contribution in [3.8, 4) is 0 Å². The maximum atomic E-state index is 5.04. The Morgan fingerprint density at radius 2 is 1.95 bits per heavy atom. The minimum Gasteiger partial charge on any atom is -0.364 e. The van der Waals surface area contributed by atoms with E-state index < -0.39 is 0 Å². The summed E-state index contributed by atoms with van der Waals surface area (Å²) in [5, 5.41) is 3.87. The molecule has 0 aliphatic heterocycles. The summed E-state index contributed by atoms with van der Waals surface area (Å²) >= 11 is 0. The third-order valence-electron chi connectivity index (χ3n) is 5.03. The van der Waals surface area contributed by atoms with Crippen molar-refractivity contribution >= 4 is 0 Å². The van der Waals surface area contributed by atoms with Crippen LogP contribution in [0.5, 0.6) is 0 Å². The highest BCUT2D eigenvalue weighted by Gasteiger charge is 2.36. The Morgan fingerprint density at radius 1 is 1.20 bits per heavy atom. The van der Waals surface area contributed by atoms with Crippen molar-refractivity contribution < 1.29 is 4.52 Å². The van der Waals surface area contributed by atoms with Crippen molar-refractivity contribution in [1.29, 1.82) is 0 Å². The molecule has 0 radical (unpaired) electrons. The molecule has 0 fully saturated rings. The van der Waals surface area contributed by atoms with Gasteiger partial charge in [-0.2, -0.15) is 0 Å². The highest BCUT2D eigenvalue weighted by Crippen LogP contribution is 2.41. The fourth-order valence-corrected chi connectivity index (χ4v) is 3.27. The molecular formula is C18H23NO. The van der Waals surface area contributed by atoms with Crippen LogP contribution in [0.25, 0.3) is 0 Å². The second-order valence-corrected chi connectivity index (χ2v) is 6.92. The number of nitrogens with zero attached hydrogens (tertiary/aromatic N) is 1. The molecule has 0 N–H and O–H groups in total. The molecule has 20 heavy (non-hydrogen) atoms. The molecule has 0 bridgehead atoms. The van der Waals surface area contributed by atoms with E-state index in [-0.39, 0.29) is 5.41 Å². The molecule has 1 aliphatic rings. The SMILES string of the molecule is CC(C)c1ccc2c(c1)CC(C(C)(C)c1cnoc1)C2. The van der Waals surface area contributed by atoms with Crippen LogP contribution in [0, 0.1) is 5.92 Å². The Balaban J connectivity index is 1.87. The third kappa shape index (κ3) is 2.17. The van der Waals surface area contributed by atoms with E-state index in [0.29, 0.717) is 11.8 Å². The van der Waals surface area contributed by atoms with E-state index in [0.717, 1.165) is 12.8 Å². The molecule has 3 rings (SSSR count). The van der Waals surface area contributed by atoms with Gasteiger partial charge in [-0.15, -0.1) is 0 Å². The molecule has 0 amide bonds. The lowest BCUT2D eigenvalue weighted by molar-refractivity contribution is 0.327. The van der Waals surface area contributed by atoms with Crippen molar-refractivity contribution in [2.45, 2.75) is 51.9 Å². The molecule has 2 nitrogen and oxygen atoms in total. The second kappa shape index (κ2) is 4.76. The van der Waals surface area contributed by atoms with Gasteiger partial charge in [-0.1, -0.05) is 51.1 Å². The average molecular weight is 269 g/mol. The van der Waals surface area contributed by atoms with Gasteiger partial charge in [-0.05, 0) is 46.8 Å². The molecule has 106 valence electrons. The minimum atomic E-state index is 0.108. The van der Waals surface area contributed by atoms with Gasteiger partial charge in [0.25, 0.3) is 0 Å². The lowest BCUT2D eigenvalue weighted by Crippen LogP contribution is -2.28. The monoisotopic (exact) mass is 269 g/mol. The number of rotatable bonds is 3. The van der Waals surface area contributed by atoms with Gasteiger partial charge in [-0.3, -0.25) is 0 Å².